The summed E-state index contributed by atoms with van der Waals surface area (Å²) in [6, 6.07) is 3.29. The molecular weight excluding hydrogens is 240 g/mol. The van der Waals surface area contributed by atoms with Gasteiger partial charge in [0.25, 0.3) is 5.96 Å². The molecule has 0 aliphatic carbocycles. The summed E-state index contributed by atoms with van der Waals surface area (Å²) in [4.78, 5) is 14.8. The van der Waals surface area contributed by atoms with Crippen molar-refractivity contribution >= 4 is 28.9 Å². The first-order chi connectivity index (χ1) is 6.99. The second-order valence-electron chi connectivity index (χ2n) is 2.70. The van der Waals surface area contributed by atoms with E-state index in [9.17, 15) is 10.1 Å². The molecule has 0 aromatic carbocycles. The summed E-state index contributed by atoms with van der Waals surface area (Å²) < 4.78 is 0.646. The van der Waals surface area contributed by atoms with Gasteiger partial charge in [0.1, 0.15) is 0 Å². The van der Waals surface area contributed by atoms with E-state index in [1.807, 2.05) is 0 Å². The predicted molar refractivity (Wildman–Crippen MR) is 59.5 cm³/mol. The number of halogens is 1. The molecule has 0 amide bonds. The molecule has 82 valence electrons. The lowest BCUT2D eigenvalue weighted by Crippen LogP contribution is -2.36. The highest BCUT2D eigenvalue weighted by Gasteiger charge is 2.08. The summed E-state index contributed by atoms with van der Waals surface area (Å²) in [7, 11) is 0. The maximum atomic E-state index is 10.0. The highest BCUT2D eigenvalue weighted by Crippen LogP contribution is 2.28. The van der Waals surface area contributed by atoms with E-state index in [2.05, 4.69) is 4.99 Å². The van der Waals surface area contributed by atoms with Crippen LogP contribution in [0.1, 0.15) is 17.8 Å². The largest absolute Gasteiger partial charge is 0.365 e. The van der Waals surface area contributed by atoms with Gasteiger partial charge in [0.2, 0.25) is 0 Å². The Labute approximate surface area is 94.9 Å². The van der Waals surface area contributed by atoms with Gasteiger partial charge in [-0.25, -0.2) is 15.1 Å². The molecule has 0 spiro atoms. The predicted octanol–water partition coefficient (Wildman–Crippen LogP) is 1.56. The zero-order valence-electron chi connectivity index (χ0n) is 7.81. The first-order valence-electron chi connectivity index (χ1n) is 3.98. The van der Waals surface area contributed by atoms with E-state index in [0.717, 1.165) is 4.88 Å². The van der Waals surface area contributed by atoms with Crippen molar-refractivity contribution in [3.63, 3.8) is 0 Å². The van der Waals surface area contributed by atoms with Crippen LogP contribution in [0.3, 0.4) is 0 Å². The minimum absolute atomic E-state index is 0.225. The van der Waals surface area contributed by atoms with Crippen molar-refractivity contribution in [1.82, 2.24) is 5.43 Å². The number of hydrazine groups is 1. The molecule has 0 saturated heterocycles. The van der Waals surface area contributed by atoms with E-state index in [-0.39, 0.29) is 12.0 Å². The van der Waals surface area contributed by atoms with E-state index in [0.29, 0.717) is 4.34 Å². The summed E-state index contributed by atoms with van der Waals surface area (Å²) in [6.07, 6.45) is 0. The number of nitrogens with zero attached hydrogens (tertiary/aromatic N) is 2. The van der Waals surface area contributed by atoms with E-state index < -0.39 is 5.03 Å². The molecule has 0 bridgehead atoms. The average Bonchev–Trinajstić information content (AvgIpc) is 2.49. The van der Waals surface area contributed by atoms with Crippen molar-refractivity contribution in [1.29, 1.82) is 0 Å². The van der Waals surface area contributed by atoms with Gasteiger partial charge in [0, 0.05) is 4.88 Å². The number of hydrogen-bond donors (Lipinski definition) is 2. The van der Waals surface area contributed by atoms with Crippen LogP contribution in [0.2, 0.25) is 4.34 Å². The van der Waals surface area contributed by atoms with E-state index in [1.54, 1.807) is 24.5 Å². The highest BCUT2D eigenvalue weighted by atomic mass is 35.5. The fraction of sp³-hybridized carbons (Fsp3) is 0.286. The fourth-order valence-electron chi connectivity index (χ4n) is 0.947. The van der Waals surface area contributed by atoms with Crippen molar-refractivity contribution in [3.05, 3.63) is 31.5 Å². The SMILES string of the molecule is CC(N=C(N)N[N+](=O)[O-])c1ccc(Cl)s1. The van der Waals surface area contributed by atoms with Gasteiger partial charge >= 0.3 is 0 Å². The Kier molecular flexibility index (Phi) is 3.87. The molecule has 0 saturated carbocycles. The van der Waals surface area contributed by atoms with E-state index in [4.69, 9.17) is 17.3 Å². The molecule has 0 fully saturated rings. The summed E-state index contributed by atoms with van der Waals surface area (Å²) in [5, 5.41) is 9.29. The van der Waals surface area contributed by atoms with Gasteiger partial charge in [-0.1, -0.05) is 17.0 Å². The minimum atomic E-state index is -0.757. The molecule has 15 heavy (non-hydrogen) atoms. The number of rotatable bonds is 3. The number of nitrogens with one attached hydrogen (secondary N) is 1. The van der Waals surface area contributed by atoms with Gasteiger partial charge in [0.05, 0.1) is 10.4 Å². The molecule has 1 unspecified atom stereocenters. The van der Waals surface area contributed by atoms with Crippen molar-refractivity contribution in [2.45, 2.75) is 13.0 Å². The fourth-order valence-corrected chi connectivity index (χ4v) is 2.00. The molecule has 1 rings (SSSR count). The molecule has 3 N–H and O–H groups in total. The molecule has 6 nitrogen and oxygen atoms in total. The Balaban J connectivity index is 2.69. The van der Waals surface area contributed by atoms with Gasteiger partial charge < -0.3 is 5.73 Å². The second kappa shape index (κ2) is 4.94. The van der Waals surface area contributed by atoms with Crippen LogP contribution in [0.15, 0.2) is 17.1 Å². The maximum absolute atomic E-state index is 10.0. The molecule has 8 heteroatoms. The molecule has 1 aromatic rings. The molecule has 0 aliphatic heterocycles. The Morgan fingerprint density at radius 3 is 2.93 bits per heavy atom. The first kappa shape index (κ1) is 11.7. The number of nitrogens with two attached hydrogens (primary N) is 1. The summed E-state index contributed by atoms with van der Waals surface area (Å²) in [6.45, 7) is 1.77. The molecular formula is C7H9ClN4O2S. The normalized spacial score (nSPS) is 13.6. The van der Waals surface area contributed by atoms with Gasteiger partial charge in [-0.15, -0.1) is 11.3 Å². The smallest absolute Gasteiger partial charge is 0.252 e. The number of aliphatic imine (C=N–C) groups is 1. The van der Waals surface area contributed by atoms with Crippen LogP contribution in [-0.2, 0) is 0 Å². The Hall–Kier alpha value is -1.34. The lowest BCUT2D eigenvalue weighted by molar-refractivity contribution is -0.525. The lowest BCUT2D eigenvalue weighted by atomic mass is 10.3. The Morgan fingerprint density at radius 2 is 2.47 bits per heavy atom. The number of thiophene rings is 1. The second-order valence-corrected chi connectivity index (χ2v) is 4.45. The van der Waals surface area contributed by atoms with Crippen LogP contribution < -0.4 is 11.2 Å². The quantitative estimate of drug-likeness (QED) is 0.367. The minimum Gasteiger partial charge on any atom is -0.365 e. The van der Waals surface area contributed by atoms with Crippen molar-refractivity contribution in [2.24, 2.45) is 10.7 Å². The van der Waals surface area contributed by atoms with Crippen LogP contribution in [0.5, 0.6) is 0 Å². The maximum Gasteiger partial charge on any atom is 0.252 e. The number of guanidine groups is 1. The van der Waals surface area contributed by atoms with Crippen LogP contribution in [0.25, 0.3) is 0 Å². The van der Waals surface area contributed by atoms with Gasteiger partial charge in [-0.05, 0) is 19.1 Å². The van der Waals surface area contributed by atoms with Gasteiger partial charge in [0.15, 0.2) is 5.03 Å². The lowest BCUT2D eigenvalue weighted by Gasteiger charge is -2.03. The molecule has 0 radical (unpaired) electrons. The van der Waals surface area contributed by atoms with Gasteiger partial charge in [-0.2, -0.15) is 0 Å². The summed E-state index contributed by atoms with van der Waals surface area (Å²) >= 11 is 7.10. The summed E-state index contributed by atoms with van der Waals surface area (Å²) in [5.41, 5.74) is 7.06. The Morgan fingerprint density at radius 1 is 1.80 bits per heavy atom. The number of hydrogen-bond acceptors (Lipinski definition) is 4. The molecule has 1 aromatic heterocycles. The topological polar surface area (TPSA) is 93.5 Å². The highest BCUT2D eigenvalue weighted by molar-refractivity contribution is 7.16. The standard InChI is InChI=1S/C7H9ClN4O2S/c1-4(5-2-3-6(8)15-5)10-7(9)11-12(13)14/h2-4H,1H3,(H3,9,10,11). The molecule has 1 heterocycles. The van der Waals surface area contributed by atoms with Crippen LogP contribution >= 0.6 is 22.9 Å². The van der Waals surface area contributed by atoms with Crippen molar-refractivity contribution in [3.8, 4) is 0 Å². The zero-order valence-corrected chi connectivity index (χ0v) is 9.38. The third-order valence-electron chi connectivity index (χ3n) is 1.54. The molecule has 0 aliphatic rings. The Bertz CT molecular complexity index is 392. The first-order valence-corrected chi connectivity index (χ1v) is 5.18. The number of nitro groups is 1. The van der Waals surface area contributed by atoms with Crippen molar-refractivity contribution < 1.29 is 5.03 Å². The monoisotopic (exact) mass is 248 g/mol. The van der Waals surface area contributed by atoms with Crippen LogP contribution in [-0.4, -0.2) is 11.0 Å². The van der Waals surface area contributed by atoms with Crippen LogP contribution in [0.4, 0.5) is 0 Å². The average molecular weight is 249 g/mol. The third-order valence-corrected chi connectivity index (χ3v) is 2.95. The zero-order chi connectivity index (χ0) is 11.4. The third kappa shape index (κ3) is 3.72. The van der Waals surface area contributed by atoms with Gasteiger partial charge in [-0.3, -0.25) is 0 Å². The van der Waals surface area contributed by atoms with E-state index in [1.165, 1.54) is 11.3 Å². The molecule has 1 atom stereocenters. The van der Waals surface area contributed by atoms with Crippen molar-refractivity contribution in [2.75, 3.05) is 0 Å². The summed E-state index contributed by atoms with van der Waals surface area (Å²) in [5.74, 6) is -0.225. The van der Waals surface area contributed by atoms with Crippen LogP contribution in [0, 0.1) is 10.1 Å². The van der Waals surface area contributed by atoms with E-state index >= 15 is 0 Å².